The lowest BCUT2D eigenvalue weighted by Gasteiger charge is -2.11. The summed E-state index contributed by atoms with van der Waals surface area (Å²) < 4.78 is 1.80. The van der Waals surface area contributed by atoms with Gasteiger partial charge in [0.1, 0.15) is 0 Å². The second kappa shape index (κ2) is 6.62. The van der Waals surface area contributed by atoms with E-state index in [9.17, 15) is 4.79 Å². The van der Waals surface area contributed by atoms with Gasteiger partial charge >= 0.3 is 0 Å². The third-order valence-electron chi connectivity index (χ3n) is 4.56. The maximum Gasteiger partial charge on any atom is 0.228 e. The number of nitrogens with one attached hydrogen (secondary N) is 2. The van der Waals surface area contributed by atoms with E-state index in [-0.39, 0.29) is 12.3 Å². The van der Waals surface area contributed by atoms with Gasteiger partial charge in [-0.1, -0.05) is 18.2 Å². The van der Waals surface area contributed by atoms with Crippen molar-refractivity contribution in [3.8, 4) is 16.9 Å². The Labute approximate surface area is 161 Å². The van der Waals surface area contributed by atoms with Crippen LogP contribution in [0.2, 0.25) is 0 Å². The SMILES string of the molecule is O=C1Cc2cnc(Nc3ccc(-n4cccn4)cc3)nc2-c2ccccc2N1. The van der Waals surface area contributed by atoms with Gasteiger partial charge in [0.15, 0.2) is 0 Å². The van der Waals surface area contributed by atoms with Crippen molar-refractivity contribution in [3.63, 3.8) is 0 Å². The molecule has 0 saturated carbocycles. The Kier molecular flexibility index (Phi) is 3.83. The minimum absolute atomic E-state index is 0.0651. The standard InChI is InChI=1S/C21H16N6O/c28-19-12-14-13-22-21(26-20(14)17-4-1-2-5-18(17)25-19)24-15-6-8-16(9-7-15)27-11-3-10-23-27/h1-11,13H,12H2,(H,25,28)(H,22,24,26). The van der Waals surface area contributed by atoms with E-state index in [0.29, 0.717) is 5.95 Å². The molecule has 0 fully saturated rings. The predicted molar refractivity (Wildman–Crippen MR) is 107 cm³/mol. The molecule has 2 N–H and O–H groups in total. The Morgan fingerprint density at radius 2 is 1.89 bits per heavy atom. The summed E-state index contributed by atoms with van der Waals surface area (Å²) >= 11 is 0. The van der Waals surface area contributed by atoms with Crippen LogP contribution in [0.4, 0.5) is 17.3 Å². The van der Waals surface area contributed by atoms with Crippen LogP contribution in [-0.2, 0) is 11.2 Å². The van der Waals surface area contributed by atoms with Crippen molar-refractivity contribution < 1.29 is 4.79 Å². The van der Waals surface area contributed by atoms with Gasteiger partial charge in [-0.25, -0.2) is 14.6 Å². The van der Waals surface area contributed by atoms with Crippen molar-refractivity contribution in [2.24, 2.45) is 0 Å². The lowest BCUT2D eigenvalue weighted by atomic mass is 10.1. The first-order valence-corrected chi connectivity index (χ1v) is 8.88. The van der Waals surface area contributed by atoms with Gasteiger partial charge < -0.3 is 10.6 Å². The third-order valence-corrected chi connectivity index (χ3v) is 4.56. The molecule has 0 unspecified atom stereocenters. The van der Waals surface area contributed by atoms with Crippen LogP contribution in [0.1, 0.15) is 5.56 Å². The molecular weight excluding hydrogens is 352 g/mol. The zero-order valence-electron chi connectivity index (χ0n) is 14.8. The second-order valence-electron chi connectivity index (χ2n) is 6.46. The summed E-state index contributed by atoms with van der Waals surface area (Å²) in [6.07, 6.45) is 5.60. The van der Waals surface area contributed by atoms with E-state index in [2.05, 4.69) is 25.7 Å². The van der Waals surface area contributed by atoms with Gasteiger partial charge in [-0.3, -0.25) is 4.79 Å². The van der Waals surface area contributed by atoms with Crippen molar-refractivity contribution in [2.75, 3.05) is 10.6 Å². The molecule has 0 saturated heterocycles. The molecule has 0 spiro atoms. The molecule has 7 nitrogen and oxygen atoms in total. The number of hydrogen-bond acceptors (Lipinski definition) is 5. The molecular formula is C21H16N6O. The highest BCUT2D eigenvalue weighted by Crippen LogP contribution is 2.32. The molecule has 4 aromatic rings. The van der Waals surface area contributed by atoms with E-state index in [4.69, 9.17) is 0 Å². The van der Waals surface area contributed by atoms with Gasteiger partial charge in [-0.05, 0) is 36.4 Å². The highest BCUT2D eigenvalue weighted by molar-refractivity contribution is 5.99. The Balaban J connectivity index is 1.47. The number of anilines is 3. The number of rotatable bonds is 3. The van der Waals surface area contributed by atoms with Crippen molar-refractivity contribution in [1.29, 1.82) is 0 Å². The number of amides is 1. The van der Waals surface area contributed by atoms with Crippen LogP contribution >= 0.6 is 0 Å². The van der Waals surface area contributed by atoms with Crippen molar-refractivity contribution in [2.45, 2.75) is 6.42 Å². The van der Waals surface area contributed by atoms with E-state index in [1.54, 1.807) is 17.1 Å². The molecule has 0 radical (unpaired) electrons. The number of nitrogens with zero attached hydrogens (tertiary/aromatic N) is 4. The highest BCUT2D eigenvalue weighted by atomic mass is 16.1. The second-order valence-corrected chi connectivity index (χ2v) is 6.46. The summed E-state index contributed by atoms with van der Waals surface area (Å²) in [4.78, 5) is 21.2. The molecule has 1 aliphatic heterocycles. The van der Waals surface area contributed by atoms with Crippen LogP contribution < -0.4 is 10.6 Å². The smallest absolute Gasteiger partial charge is 0.228 e. The zero-order valence-corrected chi connectivity index (χ0v) is 14.8. The molecule has 28 heavy (non-hydrogen) atoms. The number of aromatic nitrogens is 4. The van der Waals surface area contributed by atoms with E-state index in [1.807, 2.05) is 60.8 Å². The predicted octanol–water partition coefficient (Wildman–Crippen LogP) is 3.57. The molecule has 5 rings (SSSR count). The molecule has 0 aliphatic carbocycles. The van der Waals surface area contributed by atoms with E-state index >= 15 is 0 Å². The average molecular weight is 368 g/mol. The fourth-order valence-electron chi connectivity index (χ4n) is 3.24. The van der Waals surface area contributed by atoms with Crippen LogP contribution in [0.5, 0.6) is 0 Å². The quantitative estimate of drug-likeness (QED) is 0.577. The number of fused-ring (bicyclic) bond motifs is 3. The Morgan fingerprint density at radius 1 is 1.04 bits per heavy atom. The number of carbonyl (C=O) groups is 1. The van der Waals surface area contributed by atoms with Crippen molar-refractivity contribution in [1.82, 2.24) is 19.7 Å². The van der Waals surface area contributed by atoms with Gasteiger partial charge in [-0.15, -0.1) is 0 Å². The fourth-order valence-corrected chi connectivity index (χ4v) is 3.24. The first-order chi connectivity index (χ1) is 13.8. The molecule has 136 valence electrons. The lowest BCUT2D eigenvalue weighted by Crippen LogP contribution is -2.12. The van der Waals surface area contributed by atoms with Crippen LogP contribution in [0.25, 0.3) is 16.9 Å². The minimum atomic E-state index is -0.0651. The summed E-state index contributed by atoms with van der Waals surface area (Å²) in [6.45, 7) is 0. The Hall–Kier alpha value is -4.00. The maximum absolute atomic E-state index is 12.1. The fraction of sp³-hybridized carbons (Fsp3) is 0.0476. The largest absolute Gasteiger partial charge is 0.325 e. The lowest BCUT2D eigenvalue weighted by molar-refractivity contribution is -0.115. The van der Waals surface area contributed by atoms with Crippen molar-refractivity contribution in [3.05, 3.63) is 78.8 Å². The summed E-state index contributed by atoms with van der Waals surface area (Å²) in [7, 11) is 0. The summed E-state index contributed by atoms with van der Waals surface area (Å²) in [5.74, 6) is 0.416. The first kappa shape index (κ1) is 16.2. The van der Waals surface area contributed by atoms with Crippen LogP contribution in [-0.4, -0.2) is 25.7 Å². The molecule has 3 heterocycles. The Bertz CT molecular complexity index is 1150. The number of para-hydroxylation sites is 1. The summed E-state index contributed by atoms with van der Waals surface area (Å²) in [5, 5.41) is 10.4. The van der Waals surface area contributed by atoms with Crippen LogP contribution in [0.3, 0.4) is 0 Å². The maximum atomic E-state index is 12.1. The topological polar surface area (TPSA) is 84.7 Å². The van der Waals surface area contributed by atoms with E-state index < -0.39 is 0 Å². The normalized spacial score (nSPS) is 12.5. The zero-order chi connectivity index (χ0) is 18.9. The number of carbonyl (C=O) groups excluding carboxylic acids is 1. The summed E-state index contributed by atoms with van der Waals surface area (Å²) in [6, 6.07) is 17.4. The van der Waals surface area contributed by atoms with Gasteiger partial charge in [0.05, 0.1) is 23.5 Å². The van der Waals surface area contributed by atoms with Crippen LogP contribution in [0.15, 0.2) is 73.2 Å². The van der Waals surface area contributed by atoms with Crippen molar-refractivity contribution >= 4 is 23.2 Å². The highest BCUT2D eigenvalue weighted by Gasteiger charge is 2.20. The third kappa shape index (κ3) is 2.99. The summed E-state index contributed by atoms with van der Waals surface area (Å²) in [5.41, 5.74) is 5.06. The molecule has 0 atom stereocenters. The first-order valence-electron chi connectivity index (χ1n) is 8.88. The average Bonchev–Trinajstić information content (AvgIpc) is 3.20. The number of hydrogen-bond donors (Lipinski definition) is 2. The number of benzene rings is 2. The van der Waals surface area contributed by atoms with Gasteiger partial charge in [0, 0.05) is 35.4 Å². The monoisotopic (exact) mass is 368 g/mol. The molecule has 2 aromatic heterocycles. The van der Waals surface area contributed by atoms with E-state index in [1.165, 1.54) is 0 Å². The van der Waals surface area contributed by atoms with Gasteiger partial charge in [0.2, 0.25) is 11.9 Å². The molecule has 1 aliphatic rings. The Morgan fingerprint density at radius 3 is 2.71 bits per heavy atom. The molecule has 2 aromatic carbocycles. The van der Waals surface area contributed by atoms with Gasteiger partial charge in [-0.2, -0.15) is 5.10 Å². The molecule has 7 heteroatoms. The van der Waals surface area contributed by atoms with Crippen LogP contribution in [0, 0.1) is 0 Å². The molecule has 1 amide bonds. The molecule has 0 bridgehead atoms. The van der Waals surface area contributed by atoms with Gasteiger partial charge in [0.25, 0.3) is 0 Å². The minimum Gasteiger partial charge on any atom is -0.325 e. The van der Waals surface area contributed by atoms with E-state index in [0.717, 1.165) is 33.9 Å².